The summed E-state index contributed by atoms with van der Waals surface area (Å²) in [7, 11) is 1.60. The van der Waals surface area contributed by atoms with Gasteiger partial charge in [0, 0.05) is 6.20 Å². The van der Waals surface area contributed by atoms with Crippen LogP contribution in [0.3, 0.4) is 0 Å². The zero-order valence-corrected chi connectivity index (χ0v) is 11.5. The lowest BCUT2D eigenvalue weighted by Gasteiger charge is -2.12. The van der Waals surface area contributed by atoms with E-state index < -0.39 is 11.9 Å². The fourth-order valence-corrected chi connectivity index (χ4v) is 2.00. The van der Waals surface area contributed by atoms with Crippen LogP contribution in [0.2, 0.25) is 0 Å². The summed E-state index contributed by atoms with van der Waals surface area (Å²) >= 11 is 0. The Morgan fingerprint density at radius 3 is 2.45 bits per heavy atom. The molecule has 104 valence electrons. The highest BCUT2D eigenvalue weighted by Gasteiger charge is 2.21. The monoisotopic (exact) mass is 271 g/mol. The topological polar surface area (TPSA) is 59.4 Å². The molecule has 0 radical (unpaired) electrons. The molecule has 0 spiro atoms. The molecule has 1 heterocycles. The molecule has 0 aliphatic rings. The van der Waals surface area contributed by atoms with Crippen LogP contribution in [-0.4, -0.2) is 23.2 Å². The Labute approximate surface area is 118 Å². The minimum absolute atomic E-state index is 0.412. The number of hydrogen-bond acceptors (Lipinski definition) is 3. The van der Waals surface area contributed by atoms with Gasteiger partial charge in [-0.3, -0.25) is 9.78 Å². The summed E-state index contributed by atoms with van der Waals surface area (Å²) in [6.45, 7) is 1.93. The van der Waals surface area contributed by atoms with Crippen LogP contribution in [0, 0.1) is 6.92 Å². The van der Waals surface area contributed by atoms with Crippen LogP contribution in [0.5, 0.6) is 5.75 Å². The van der Waals surface area contributed by atoms with Gasteiger partial charge in [0.2, 0.25) is 0 Å². The standard InChI is InChI=1S/C16H17NO3/c1-11-3-8-15(17-10-11)14(16(18)19)9-12-4-6-13(20-2)7-5-12/h3-8,10,14H,9H2,1-2H3,(H,18,19). The predicted molar refractivity (Wildman–Crippen MR) is 76.0 cm³/mol. The summed E-state index contributed by atoms with van der Waals surface area (Å²) in [6, 6.07) is 11.1. The van der Waals surface area contributed by atoms with Gasteiger partial charge in [-0.25, -0.2) is 0 Å². The van der Waals surface area contributed by atoms with Gasteiger partial charge in [-0.2, -0.15) is 0 Å². The molecule has 0 saturated carbocycles. The largest absolute Gasteiger partial charge is 0.497 e. The number of aryl methyl sites for hydroxylation is 1. The van der Waals surface area contributed by atoms with Crippen molar-refractivity contribution in [1.82, 2.24) is 4.98 Å². The van der Waals surface area contributed by atoms with E-state index >= 15 is 0 Å². The van der Waals surface area contributed by atoms with Gasteiger partial charge in [-0.1, -0.05) is 18.2 Å². The molecule has 1 N–H and O–H groups in total. The Morgan fingerprint density at radius 2 is 1.95 bits per heavy atom. The Balaban J connectivity index is 2.20. The van der Waals surface area contributed by atoms with E-state index in [0.717, 1.165) is 16.9 Å². The molecule has 2 rings (SSSR count). The summed E-state index contributed by atoms with van der Waals surface area (Å²) in [5.41, 5.74) is 2.54. The molecule has 0 saturated heterocycles. The maximum Gasteiger partial charge on any atom is 0.312 e. The van der Waals surface area contributed by atoms with Crippen LogP contribution >= 0.6 is 0 Å². The van der Waals surface area contributed by atoms with Gasteiger partial charge in [0.15, 0.2) is 0 Å². The van der Waals surface area contributed by atoms with Crippen LogP contribution in [-0.2, 0) is 11.2 Å². The quantitative estimate of drug-likeness (QED) is 0.908. The van der Waals surface area contributed by atoms with E-state index in [1.165, 1.54) is 0 Å². The maximum atomic E-state index is 11.4. The highest BCUT2D eigenvalue weighted by atomic mass is 16.5. The molecule has 0 aliphatic heterocycles. The second kappa shape index (κ2) is 6.19. The van der Waals surface area contributed by atoms with Crippen molar-refractivity contribution in [3.05, 3.63) is 59.4 Å². The maximum absolute atomic E-state index is 11.4. The van der Waals surface area contributed by atoms with Crippen LogP contribution < -0.4 is 4.74 Å². The van der Waals surface area contributed by atoms with Gasteiger partial charge in [0.1, 0.15) is 11.7 Å². The minimum atomic E-state index is -0.864. The van der Waals surface area contributed by atoms with Crippen molar-refractivity contribution in [2.45, 2.75) is 19.3 Å². The van der Waals surface area contributed by atoms with Gasteiger partial charge in [-0.15, -0.1) is 0 Å². The number of carboxylic acid groups (broad SMARTS) is 1. The SMILES string of the molecule is COc1ccc(CC(C(=O)O)c2ccc(C)cn2)cc1. The van der Waals surface area contributed by atoms with E-state index in [2.05, 4.69) is 4.98 Å². The van der Waals surface area contributed by atoms with E-state index in [0.29, 0.717) is 12.1 Å². The minimum Gasteiger partial charge on any atom is -0.497 e. The van der Waals surface area contributed by atoms with Gasteiger partial charge < -0.3 is 9.84 Å². The second-order valence-corrected chi connectivity index (χ2v) is 4.70. The molecule has 20 heavy (non-hydrogen) atoms. The smallest absolute Gasteiger partial charge is 0.312 e. The molecule has 1 aromatic carbocycles. The Bertz CT molecular complexity index is 576. The lowest BCUT2D eigenvalue weighted by atomic mass is 9.95. The number of pyridine rings is 1. The third-order valence-corrected chi connectivity index (χ3v) is 3.19. The molecule has 0 bridgehead atoms. The number of ether oxygens (including phenoxy) is 1. The van der Waals surface area contributed by atoms with Crippen LogP contribution in [0.25, 0.3) is 0 Å². The summed E-state index contributed by atoms with van der Waals surface area (Å²) < 4.78 is 5.09. The van der Waals surface area contributed by atoms with Crippen molar-refractivity contribution < 1.29 is 14.6 Å². The number of nitrogens with zero attached hydrogens (tertiary/aromatic N) is 1. The van der Waals surface area contributed by atoms with Crippen LogP contribution in [0.1, 0.15) is 22.7 Å². The lowest BCUT2D eigenvalue weighted by molar-refractivity contribution is -0.138. The van der Waals surface area contributed by atoms with Crippen molar-refractivity contribution in [2.75, 3.05) is 7.11 Å². The first-order chi connectivity index (χ1) is 9.60. The zero-order chi connectivity index (χ0) is 14.5. The molecule has 2 aromatic rings. The molecule has 0 aliphatic carbocycles. The number of carboxylic acids is 1. The highest BCUT2D eigenvalue weighted by Crippen LogP contribution is 2.21. The number of rotatable bonds is 5. The van der Waals surface area contributed by atoms with E-state index in [4.69, 9.17) is 4.74 Å². The number of carbonyl (C=O) groups is 1. The van der Waals surface area contributed by atoms with E-state index in [1.807, 2.05) is 37.3 Å². The van der Waals surface area contributed by atoms with E-state index in [1.54, 1.807) is 19.4 Å². The van der Waals surface area contributed by atoms with Crippen molar-refractivity contribution in [2.24, 2.45) is 0 Å². The predicted octanol–water partition coefficient (Wildman–Crippen LogP) is 2.81. The van der Waals surface area contributed by atoms with Crippen LogP contribution in [0.15, 0.2) is 42.6 Å². The van der Waals surface area contributed by atoms with Gasteiger partial charge >= 0.3 is 5.97 Å². The van der Waals surface area contributed by atoms with Crippen molar-refractivity contribution in [3.8, 4) is 5.75 Å². The summed E-state index contributed by atoms with van der Waals surface area (Å²) in [5, 5.41) is 9.39. The lowest BCUT2D eigenvalue weighted by Crippen LogP contribution is -2.15. The van der Waals surface area contributed by atoms with Gasteiger partial charge in [0.05, 0.1) is 12.8 Å². The average Bonchev–Trinajstić information content (AvgIpc) is 2.46. The first-order valence-electron chi connectivity index (χ1n) is 6.38. The molecule has 1 atom stereocenters. The van der Waals surface area contributed by atoms with E-state index in [9.17, 15) is 9.90 Å². The molecule has 0 fully saturated rings. The number of methoxy groups -OCH3 is 1. The van der Waals surface area contributed by atoms with Crippen molar-refractivity contribution in [3.63, 3.8) is 0 Å². The number of aromatic nitrogens is 1. The Kier molecular flexibility index (Phi) is 4.35. The molecular formula is C16H17NO3. The number of aliphatic carboxylic acids is 1. The zero-order valence-electron chi connectivity index (χ0n) is 11.5. The highest BCUT2D eigenvalue weighted by molar-refractivity contribution is 5.75. The first kappa shape index (κ1) is 14.1. The van der Waals surface area contributed by atoms with Gasteiger partial charge in [0.25, 0.3) is 0 Å². The molecule has 1 aromatic heterocycles. The normalized spacial score (nSPS) is 11.9. The summed E-state index contributed by atoms with van der Waals surface area (Å²) in [4.78, 5) is 15.7. The fourth-order valence-electron chi connectivity index (χ4n) is 2.00. The van der Waals surface area contributed by atoms with Crippen molar-refractivity contribution in [1.29, 1.82) is 0 Å². The van der Waals surface area contributed by atoms with Crippen molar-refractivity contribution >= 4 is 5.97 Å². The first-order valence-corrected chi connectivity index (χ1v) is 6.38. The Hall–Kier alpha value is -2.36. The Morgan fingerprint density at radius 1 is 1.25 bits per heavy atom. The van der Waals surface area contributed by atoms with Gasteiger partial charge in [-0.05, 0) is 42.7 Å². The molecular weight excluding hydrogens is 254 g/mol. The van der Waals surface area contributed by atoms with Crippen LogP contribution in [0.4, 0.5) is 0 Å². The fraction of sp³-hybridized carbons (Fsp3) is 0.250. The second-order valence-electron chi connectivity index (χ2n) is 4.70. The summed E-state index contributed by atoms with van der Waals surface area (Å²) in [5.74, 6) is -0.741. The average molecular weight is 271 g/mol. The van der Waals surface area contributed by atoms with E-state index in [-0.39, 0.29) is 0 Å². The molecule has 1 unspecified atom stereocenters. The third kappa shape index (κ3) is 3.35. The molecule has 4 heteroatoms. The molecule has 0 amide bonds. The summed E-state index contributed by atoms with van der Waals surface area (Å²) in [6.07, 6.45) is 2.11. The molecule has 4 nitrogen and oxygen atoms in total. The number of hydrogen-bond donors (Lipinski definition) is 1. The number of benzene rings is 1. The third-order valence-electron chi connectivity index (χ3n) is 3.19.